The third kappa shape index (κ3) is 3.54. The van der Waals surface area contributed by atoms with E-state index in [0.717, 1.165) is 18.4 Å². The van der Waals surface area contributed by atoms with Crippen LogP contribution in [0.4, 0.5) is 0 Å². The molecule has 2 N–H and O–H groups in total. The molecule has 0 spiro atoms. The molecule has 26 heavy (non-hydrogen) atoms. The Morgan fingerprint density at radius 3 is 2.69 bits per heavy atom. The molecule has 1 aliphatic rings. The molecule has 2 aromatic rings. The number of aryl methyl sites for hydroxylation is 2. The first-order chi connectivity index (χ1) is 12.4. The van der Waals surface area contributed by atoms with Crippen LogP contribution in [0.2, 0.25) is 0 Å². The van der Waals surface area contributed by atoms with Crippen molar-refractivity contribution < 1.29 is 14.7 Å². The Kier molecular flexibility index (Phi) is 4.93. The number of likely N-dealkylation sites (tertiary alicyclic amines) is 1. The monoisotopic (exact) mass is 354 g/mol. The van der Waals surface area contributed by atoms with Crippen molar-refractivity contribution in [2.45, 2.75) is 32.6 Å². The van der Waals surface area contributed by atoms with Crippen LogP contribution in [-0.2, 0) is 0 Å². The summed E-state index contributed by atoms with van der Waals surface area (Å²) < 4.78 is 0. The summed E-state index contributed by atoms with van der Waals surface area (Å²) in [6, 6.07) is 8.37. The Morgan fingerprint density at radius 2 is 2.00 bits per heavy atom. The number of rotatable bonds is 3. The van der Waals surface area contributed by atoms with Crippen LogP contribution in [0.15, 0.2) is 35.1 Å². The van der Waals surface area contributed by atoms with Gasteiger partial charge in [0.05, 0.1) is 11.1 Å². The maximum absolute atomic E-state index is 13.0. The van der Waals surface area contributed by atoms with E-state index in [1.54, 1.807) is 36.9 Å². The Labute approximate surface area is 151 Å². The number of pyridine rings is 1. The Balaban J connectivity index is 1.85. The summed E-state index contributed by atoms with van der Waals surface area (Å²) in [4.78, 5) is 40.3. The average molecular weight is 354 g/mol. The molecule has 0 aliphatic carbocycles. The van der Waals surface area contributed by atoms with Crippen molar-refractivity contribution in [3.8, 4) is 0 Å². The topological polar surface area (TPSA) is 90.5 Å². The quantitative estimate of drug-likeness (QED) is 0.887. The molecule has 1 amide bonds. The minimum atomic E-state index is -0.949. The Hall–Kier alpha value is -2.89. The predicted molar refractivity (Wildman–Crippen MR) is 97.8 cm³/mol. The molecule has 0 bridgehead atoms. The molecule has 136 valence electrons. The van der Waals surface area contributed by atoms with Crippen molar-refractivity contribution in [2.24, 2.45) is 0 Å². The van der Waals surface area contributed by atoms with Gasteiger partial charge in [-0.25, -0.2) is 4.79 Å². The van der Waals surface area contributed by atoms with Crippen LogP contribution in [0, 0.1) is 13.8 Å². The number of H-pyrrole nitrogens is 1. The molecule has 1 fully saturated rings. The molecule has 0 radical (unpaired) electrons. The van der Waals surface area contributed by atoms with Crippen LogP contribution in [0.3, 0.4) is 0 Å². The molecule has 0 unspecified atom stereocenters. The minimum Gasteiger partial charge on any atom is -0.478 e. The number of carbonyl (C=O) groups excluding carboxylic acids is 1. The highest BCUT2D eigenvalue weighted by Crippen LogP contribution is 2.29. The Bertz CT molecular complexity index is 890. The highest BCUT2D eigenvalue weighted by Gasteiger charge is 2.27. The van der Waals surface area contributed by atoms with E-state index in [0.29, 0.717) is 29.9 Å². The summed E-state index contributed by atoms with van der Waals surface area (Å²) in [5.41, 5.74) is 2.79. The maximum Gasteiger partial charge on any atom is 0.335 e. The third-order valence-corrected chi connectivity index (χ3v) is 4.96. The second-order valence-electron chi connectivity index (χ2n) is 6.84. The fourth-order valence-corrected chi connectivity index (χ4v) is 3.69. The molecule has 6 nitrogen and oxygen atoms in total. The van der Waals surface area contributed by atoms with Gasteiger partial charge in [-0.3, -0.25) is 9.59 Å². The zero-order valence-corrected chi connectivity index (χ0v) is 14.9. The molecule has 6 heteroatoms. The molecule has 3 rings (SSSR count). The molecule has 0 saturated carbocycles. The van der Waals surface area contributed by atoms with E-state index in [-0.39, 0.29) is 22.9 Å². The second kappa shape index (κ2) is 7.15. The van der Waals surface area contributed by atoms with Crippen molar-refractivity contribution in [1.82, 2.24) is 9.88 Å². The lowest BCUT2D eigenvalue weighted by Crippen LogP contribution is -2.40. The summed E-state index contributed by atoms with van der Waals surface area (Å²) >= 11 is 0. The van der Waals surface area contributed by atoms with Crippen molar-refractivity contribution in [1.29, 1.82) is 0 Å². The van der Waals surface area contributed by atoms with Crippen molar-refractivity contribution in [3.05, 3.63) is 68.6 Å². The SMILES string of the molecule is Cc1cc(=O)[nH]c(C)c1C(=O)N1CCC[C@H](c2cccc(C(=O)O)c2)C1. The first-order valence-electron chi connectivity index (χ1n) is 8.70. The third-order valence-electron chi connectivity index (χ3n) is 4.96. The van der Waals surface area contributed by atoms with E-state index in [9.17, 15) is 19.5 Å². The number of nitrogens with one attached hydrogen (secondary N) is 1. The van der Waals surface area contributed by atoms with Gasteiger partial charge in [-0.2, -0.15) is 0 Å². The number of nitrogens with zero attached hydrogens (tertiary/aromatic N) is 1. The van der Waals surface area contributed by atoms with E-state index in [1.807, 2.05) is 6.07 Å². The van der Waals surface area contributed by atoms with E-state index in [1.165, 1.54) is 6.07 Å². The molecular weight excluding hydrogens is 332 g/mol. The van der Waals surface area contributed by atoms with Crippen LogP contribution < -0.4 is 5.56 Å². The highest BCUT2D eigenvalue weighted by molar-refractivity contribution is 5.96. The summed E-state index contributed by atoms with van der Waals surface area (Å²) in [5, 5.41) is 9.19. The van der Waals surface area contributed by atoms with E-state index in [4.69, 9.17) is 0 Å². The van der Waals surface area contributed by atoms with Gasteiger partial charge in [0.25, 0.3) is 5.91 Å². The average Bonchev–Trinajstić information content (AvgIpc) is 2.61. The standard InChI is InChI=1S/C20H22N2O4/c1-12-9-17(23)21-13(2)18(12)19(24)22-8-4-7-16(11-22)14-5-3-6-15(10-14)20(25)26/h3,5-6,9-10,16H,4,7-8,11H2,1-2H3,(H,21,23)(H,25,26)/t16-/m0/s1. The second-order valence-corrected chi connectivity index (χ2v) is 6.84. The van der Waals surface area contributed by atoms with Crippen molar-refractivity contribution in [2.75, 3.05) is 13.1 Å². The van der Waals surface area contributed by atoms with Gasteiger partial charge in [0.1, 0.15) is 0 Å². The largest absolute Gasteiger partial charge is 0.478 e. The van der Waals surface area contributed by atoms with Crippen LogP contribution in [0.5, 0.6) is 0 Å². The number of aromatic nitrogens is 1. The van der Waals surface area contributed by atoms with Crippen LogP contribution in [0.1, 0.15) is 56.3 Å². The van der Waals surface area contributed by atoms with E-state index >= 15 is 0 Å². The smallest absolute Gasteiger partial charge is 0.335 e. The predicted octanol–water partition coefficient (Wildman–Crippen LogP) is 2.71. The van der Waals surface area contributed by atoms with Gasteiger partial charge in [0.2, 0.25) is 5.56 Å². The summed E-state index contributed by atoms with van der Waals surface area (Å²) in [7, 11) is 0. The minimum absolute atomic E-state index is 0.0876. The molecule has 2 heterocycles. The lowest BCUT2D eigenvalue weighted by molar-refractivity contribution is 0.0687. The van der Waals surface area contributed by atoms with Gasteiger partial charge in [-0.05, 0) is 49.9 Å². The van der Waals surface area contributed by atoms with Gasteiger partial charge < -0.3 is 15.0 Å². The number of hydrogen-bond donors (Lipinski definition) is 2. The summed E-state index contributed by atoms with van der Waals surface area (Å²) in [6.45, 7) is 4.71. The number of aromatic carboxylic acids is 1. The van der Waals surface area contributed by atoms with Crippen molar-refractivity contribution in [3.63, 3.8) is 0 Å². The van der Waals surface area contributed by atoms with Gasteiger partial charge >= 0.3 is 5.97 Å². The normalized spacial score (nSPS) is 17.2. The summed E-state index contributed by atoms with van der Waals surface area (Å²) in [5.74, 6) is -0.930. The fraction of sp³-hybridized carbons (Fsp3) is 0.350. The molecule has 1 saturated heterocycles. The van der Waals surface area contributed by atoms with Gasteiger partial charge in [0.15, 0.2) is 0 Å². The van der Waals surface area contributed by atoms with E-state index < -0.39 is 5.97 Å². The lowest BCUT2D eigenvalue weighted by Gasteiger charge is -2.33. The highest BCUT2D eigenvalue weighted by atomic mass is 16.4. The number of carboxylic acids is 1. The number of carbonyl (C=O) groups is 2. The first kappa shape index (κ1) is 17.9. The number of piperidine rings is 1. The number of hydrogen-bond acceptors (Lipinski definition) is 3. The number of aromatic amines is 1. The van der Waals surface area contributed by atoms with Crippen LogP contribution >= 0.6 is 0 Å². The Morgan fingerprint density at radius 1 is 1.23 bits per heavy atom. The molecule has 1 atom stereocenters. The zero-order valence-electron chi connectivity index (χ0n) is 14.9. The van der Waals surface area contributed by atoms with Crippen LogP contribution in [-0.4, -0.2) is 40.0 Å². The van der Waals surface area contributed by atoms with Crippen molar-refractivity contribution >= 4 is 11.9 Å². The summed E-state index contributed by atoms with van der Waals surface area (Å²) in [6.07, 6.45) is 1.77. The fourth-order valence-electron chi connectivity index (χ4n) is 3.69. The number of amides is 1. The number of carboxylic acid groups (broad SMARTS) is 1. The molecule has 1 aliphatic heterocycles. The first-order valence-corrected chi connectivity index (χ1v) is 8.70. The molecule has 1 aromatic carbocycles. The van der Waals surface area contributed by atoms with Crippen LogP contribution in [0.25, 0.3) is 0 Å². The number of benzene rings is 1. The molecule has 1 aromatic heterocycles. The van der Waals surface area contributed by atoms with Gasteiger partial charge in [-0.1, -0.05) is 12.1 Å². The lowest BCUT2D eigenvalue weighted by atomic mass is 9.89. The van der Waals surface area contributed by atoms with Gasteiger partial charge in [-0.15, -0.1) is 0 Å². The van der Waals surface area contributed by atoms with E-state index in [2.05, 4.69) is 4.98 Å². The zero-order chi connectivity index (χ0) is 18.8. The molecular formula is C20H22N2O4. The maximum atomic E-state index is 13.0. The van der Waals surface area contributed by atoms with Gasteiger partial charge in [0, 0.05) is 30.8 Å².